The summed E-state index contributed by atoms with van der Waals surface area (Å²) in [6, 6.07) is 9.68. The molecule has 126 valence electrons. The number of anilines is 1. The maximum Gasteiger partial charge on any atom is 0.242 e. The van der Waals surface area contributed by atoms with Gasteiger partial charge in [-0.3, -0.25) is 4.79 Å². The first-order chi connectivity index (χ1) is 11.7. The van der Waals surface area contributed by atoms with Crippen LogP contribution in [-0.4, -0.2) is 28.6 Å². The van der Waals surface area contributed by atoms with Crippen LogP contribution in [-0.2, 0) is 11.2 Å². The van der Waals surface area contributed by atoms with Crippen molar-refractivity contribution in [2.45, 2.75) is 32.7 Å². The van der Waals surface area contributed by atoms with E-state index in [1.807, 2.05) is 25.3 Å². The van der Waals surface area contributed by atoms with Crippen molar-refractivity contribution in [2.75, 3.05) is 11.9 Å². The predicted octanol–water partition coefficient (Wildman–Crippen LogP) is 3.01. The maximum absolute atomic E-state index is 12.3. The fourth-order valence-electron chi connectivity index (χ4n) is 2.78. The van der Waals surface area contributed by atoms with Crippen molar-refractivity contribution >= 4 is 22.6 Å². The van der Waals surface area contributed by atoms with Gasteiger partial charge in [-0.2, -0.15) is 0 Å². The number of hydrogen-bond donors (Lipinski definition) is 3. The van der Waals surface area contributed by atoms with Crippen LogP contribution in [0.2, 0.25) is 0 Å². The molecule has 2 aromatic heterocycles. The molecule has 0 saturated heterocycles. The van der Waals surface area contributed by atoms with E-state index in [1.165, 1.54) is 10.9 Å². The average molecular weight is 326 g/mol. The second-order valence-electron chi connectivity index (χ2n) is 5.84. The molecule has 6 heteroatoms. The number of fused-ring (bicyclic) bond motifs is 1. The Bertz CT molecular complexity index is 821. The van der Waals surface area contributed by atoms with E-state index >= 15 is 0 Å². The first kappa shape index (κ1) is 16.3. The summed E-state index contributed by atoms with van der Waals surface area (Å²) in [4.78, 5) is 15.6. The van der Waals surface area contributed by atoms with E-state index in [9.17, 15) is 4.79 Å². The number of nitrogens with zero attached hydrogens (tertiary/aromatic N) is 1. The third-order valence-corrected chi connectivity index (χ3v) is 4.06. The van der Waals surface area contributed by atoms with Crippen molar-refractivity contribution in [3.05, 3.63) is 47.9 Å². The highest BCUT2D eigenvalue weighted by molar-refractivity contribution is 5.94. The minimum atomic E-state index is -0.257. The lowest BCUT2D eigenvalue weighted by Crippen LogP contribution is -2.41. The summed E-state index contributed by atoms with van der Waals surface area (Å²) in [6.07, 6.45) is 3.60. The third kappa shape index (κ3) is 3.65. The number of benzene rings is 1. The molecule has 1 aromatic carbocycles. The van der Waals surface area contributed by atoms with Gasteiger partial charge in [0, 0.05) is 23.2 Å². The zero-order valence-corrected chi connectivity index (χ0v) is 13.9. The molecule has 1 atom stereocenters. The van der Waals surface area contributed by atoms with Gasteiger partial charge in [0.2, 0.25) is 5.91 Å². The van der Waals surface area contributed by atoms with E-state index in [0.29, 0.717) is 18.0 Å². The first-order valence-corrected chi connectivity index (χ1v) is 8.20. The minimum Gasteiger partial charge on any atom is -0.361 e. The summed E-state index contributed by atoms with van der Waals surface area (Å²) >= 11 is 0. The monoisotopic (exact) mass is 326 g/mol. The van der Waals surface area contributed by atoms with Gasteiger partial charge in [-0.25, -0.2) is 0 Å². The Hall–Kier alpha value is -2.60. The molecule has 0 aliphatic carbocycles. The second-order valence-corrected chi connectivity index (χ2v) is 5.84. The number of amides is 1. The number of H-pyrrole nitrogens is 1. The fraction of sp³-hybridized carbons (Fsp3) is 0.333. The summed E-state index contributed by atoms with van der Waals surface area (Å²) in [7, 11) is 0. The highest BCUT2D eigenvalue weighted by Crippen LogP contribution is 2.17. The first-order valence-electron chi connectivity index (χ1n) is 8.20. The Morgan fingerprint density at radius 3 is 2.96 bits per heavy atom. The number of hydrogen-bond acceptors (Lipinski definition) is 4. The summed E-state index contributed by atoms with van der Waals surface area (Å²) in [5.74, 6) is 1.03. The van der Waals surface area contributed by atoms with E-state index in [1.54, 1.807) is 13.0 Å². The molecule has 3 rings (SSSR count). The molecule has 0 unspecified atom stereocenters. The molecule has 0 aliphatic rings. The lowest BCUT2D eigenvalue weighted by Gasteiger charge is -2.15. The maximum atomic E-state index is 12.3. The van der Waals surface area contributed by atoms with Gasteiger partial charge in [-0.15, -0.1) is 0 Å². The molecule has 0 saturated carbocycles. The number of para-hydroxylation sites is 1. The lowest BCUT2D eigenvalue weighted by molar-refractivity contribution is -0.118. The number of aryl methyl sites for hydroxylation is 1. The van der Waals surface area contributed by atoms with Gasteiger partial charge in [0.05, 0.1) is 6.04 Å². The molecule has 0 aliphatic heterocycles. The molecule has 24 heavy (non-hydrogen) atoms. The van der Waals surface area contributed by atoms with Gasteiger partial charge in [-0.05, 0) is 37.9 Å². The van der Waals surface area contributed by atoms with E-state index in [4.69, 9.17) is 4.52 Å². The van der Waals surface area contributed by atoms with Crippen molar-refractivity contribution in [2.24, 2.45) is 0 Å². The van der Waals surface area contributed by atoms with Gasteiger partial charge in [0.15, 0.2) is 5.82 Å². The molecule has 0 radical (unpaired) electrons. The molecule has 2 heterocycles. The Kier molecular flexibility index (Phi) is 4.96. The third-order valence-electron chi connectivity index (χ3n) is 4.06. The van der Waals surface area contributed by atoms with Crippen LogP contribution in [0.3, 0.4) is 0 Å². The zero-order chi connectivity index (χ0) is 16.9. The van der Waals surface area contributed by atoms with E-state index in [0.717, 1.165) is 18.5 Å². The highest BCUT2D eigenvalue weighted by atomic mass is 16.5. The molecule has 3 N–H and O–H groups in total. The molecular formula is C18H22N4O2. The van der Waals surface area contributed by atoms with Crippen molar-refractivity contribution in [1.82, 2.24) is 15.5 Å². The van der Waals surface area contributed by atoms with E-state index < -0.39 is 0 Å². The summed E-state index contributed by atoms with van der Waals surface area (Å²) in [5.41, 5.74) is 2.39. The topological polar surface area (TPSA) is 83.0 Å². The van der Waals surface area contributed by atoms with E-state index in [2.05, 4.69) is 32.9 Å². The Morgan fingerprint density at radius 2 is 2.21 bits per heavy atom. The zero-order valence-electron chi connectivity index (χ0n) is 13.9. The SMILES string of the molecule is CC[C@H](NCCc1c[nH]c2ccccc12)C(=O)Nc1cc(C)on1. The van der Waals surface area contributed by atoms with Crippen molar-refractivity contribution in [1.29, 1.82) is 0 Å². The molecule has 0 bridgehead atoms. The van der Waals surface area contributed by atoms with Crippen molar-refractivity contribution in [3.8, 4) is 0 Å². The van der Waals surface area contributed by atoms with Crippen LogP contribution < -0.4 is 10.6 Å². The fourth-order valence-corrected chi connectivity index (χ4v) is 2.78. The van der Waals surface area contributed by atoms with Crippen molar-refractivity contribution < 1.29 is 9.32 Å². The summed E-state index contributed by atoms with van der Waals surface area (Å²) in [5, 5.41) is 11.1. The van der Waals surface area contributed by atoms with Gasteiger partial charge in [-0.1, -0.05) is 30.3 Å². The Morgan fingerprint density at radius 1 is 1.38 bits per heavy atom. The molecule has 0 spiro atoms. The van der Waals surface area contributed by atoms with Crippen LogP contribution in [0.4, 0.5) is 5.82 Å². The summed E-state index contributed by atoms with van der Waals surface area (Å²) < 4.78 is 4.96. The highest BCUT2D eigenvalue weighted by Gasteiger charge is 2.17. The van der Waals surface area contributed by atoms with E-state index in [-0.39, 0.29) is 11.9 Å². The van der Waals surface area contributed by atoms with Gasteiger partial charge < -0.3 is 20.1 Å². The number of aromatic nitrogens is 2. The molecule has 0 fully saturated rings. The number of nitrogens with one attached hydrogen (secondary N) is 3. The molecule has 1 amide bonds. The lowest BCUT2D eigenvalue weighted by atomic mass is 10.1. The second kappa shape index (κ2) is 7.31. The molecule has 3 aromatic rings. The predicted molar refractivity (Wildman–Crippen MR) is 94.0 cm³/mol. The Balaban J connectivity index is 1.54. The average Bonchev–Trinajstić information content (AvgIpc) is 3.18. The van der Waals surface area contributed by atoms with Crippen LogP contribution in [0.1, 0.15) is 24.7 Å². The number of aromatic amines is 1. The van der Waals surface area contributed by atoms with Crippen LogP contribution in [0, 0.1) is 6.92 Å². The number of carbonyl (C=O) groups is 1. The summed E-state index contributed by atoms with van der Waals surface area (Å²) in [6.45, 7) is 4.50. The van der Waals surface area contributed by atoms with Gasteiger partial charge >= 0.3 is 0 Å². The van der Waals surface area contributed by atoms with Crippen LogP contribution >= 0.6 is 0 Å². The molecule has 6 nitrogen and oxygen atoms in total. The van der Waals surface area contributed by atoms with Gasteiger partial charge in [0.25, 0.3) is 0 Å². The number of rotatable bonds is 7. The largest absolute Gasteiger partial charge is 0.361 e. The minimum absolute atomic E-state index is 0.0928. The standard InChI is InChI=1S/C18H22N4O2/c1-3-15(18(23)21-17-10-12(2)24-22-17)19-9-8-13-11-20-16-7-5-4-6-14(13)16/h4-7,10-11,15,19-20H,3,8-9H2,1-2H3,(H,21,22,23)/t15-/m0/s1. The van der Waals surface area contributed by atoms with Crippen LogP contribution in [0.15, 0.2) is 41.1 Å². The normalized spacial score (nSPS) is 12.4. The molecular weight excluding hydrogens is 304 g/mol. The van der Waals surface area contributed by atoms with Crippen LogP contribution in [0.5, 0.6) is 0 Å². The quantitative estimate of drug-likeness (QED) is 0.623. The van der Waals surface area contributed by atoms with Crippen molar-refractivity contribution in [3.63, 3.8) is 0 Å². The number of carbonyl (C=O) groups excluding carboxylic acids is 1. The van der Waals surface area contributed by atoms with Crippen LogP contribution in [0.25, 0.3) is 10.9 Å². The smallest absolute Gasteiger partial charge is 0.242 e. The van der Waals surface area contributed by atoms with Gasteiger partial charge in [0.1, 0.15) is 5.76 Å². The Labute approximate surface area is 140 Å².